The van der Waals surface area contributed by atoms with Crippen LogP contribution in [0.25, 0.3) is 0 Å². The number of unbranched alkanes of at least 4 members (excludes halogenated alkanes) is 2. The van der Waals surface area contributed by atoms with E-state index in [9.17, 15) is 9.59 Å². The van der Waals surface area contributed by atoms with Crippen LogP contribution in [-0.4, -0.2) is 26.2 Å². The summed E-state index contributed by atoms with van der Waals surface area (Å²) in [7, 11) is 2.84. The van der Waals surface area contributed by atoms with Crippen LogP contribution in [0.5, 0.6) is 0 Å². The molecular formula is C14H26O4. The van der Waals surface area contributed by atoms with E-state index in [0.717, 1.165) is 32.1 Å². The van der Waals surface area contributed by atoms with E-state index in [4.69, 9.17) is 4.74 Å². The highest BCUT2D eigenvalue weighted by atomic mass is 16.5. The first kappa shape index (κ1) is 16.9. The fraction of sp³-hybridized carbons (Fsp3) is 0.857. The Balaban J connectivity index is 3.56. The number of rotatable bonds is 9. The van der Waals surface area contributed by atoms with Gasteiger partial charge in [-0.05, 0) is 18.8 Å². The summed E-state index contributed by atoms with van der Waals surface area (Å²) in [5.74, 6) is 0.215. The third-order valence-corrected chi connectivity index (χ3v) is 3.16. The van der Waals surface area contributed by atoms with Crippen molar-refractivity contribution in [3.63, 3.8) is 0 Å². The molecule has 0 fully saturated rings. The Hall–Kier alpha value is -1.06. The Morgan fingerprint density at radius 1 is 1.00 bits per heavy atom. The smallest absolute Gasteiger partial charge is 0.308 e. The van der Waals surface area contributed by atoms with Gasteiger partial charge in [0.2, 0.25) is 0 Å². The van der Waals surface area contributed by atoms with Gasteiger partial charge >= 0.3 is 11.9 Å². The summed E-state index contributed by atoms with van der Waals surface area (Å²) >= 11 is 0. The van der Waals surface area contributed by atoms with Gasteiger partial charge in [0.15, 0.2) is 0 Å². The Kier molecular flexibility index (Phi) is 9.33. The van der Waals surface area contributed by atoms with Gasteiger partial charge in [0.25, 0.3) is 0 Å². The molecule has 0 bridgehead atoms. The van der Waals surface area contributed by atoms with Crippen LogP contribution in [0.2, 0.25) is 0 Å². The number of hydrogen-bond acceptors (Lipinski definition) is 4. The standard InChI is InChI=1S/C14H26O4/c1-11(10-12(2)14(16)18-4)8-6-5-7-9-13(15)17-3/h11-12H,5-10H2,1-4H3/t11-,12-/m0/s1. The van der Waals surface area contributed by atoms with Gasteiger partial charge < -0.3 is 9.47 Å². The topological polar surface area (TPSA) is 52.6 Å². The highest BCUT2D eigenvalue weighted by Crippen LogP contribution is 2.19. The summed E-state index contributed by atoms with van der Waals surface area (Å²) in [6, 6.07) is 0. The Morgan fingerprint density at radius 3 is 2.22 bits per heavy atom. The predicted molar refractivity (Wildman–Crippen MR) is 70.1 cm³/mol. The average molecular weight is 258 g/mol. The molecule has 0 rings (SSSR count). The molecule has 0 radical (unpaired) electrons. The number of methoxy groups -OCH3 is 2. The predicted octanol–water partition coefficient (Wildman–Crippen LogP) is 2.95. The SMILES string of the molecule is COC(=O)CCCCC[C@H](C)C[C@H](C)C(=O)OC. The van der Waals surface area contributed by atoms with Crippen molar-refractivity contribution in [3.8, 4) is 0 Å². The maximum Gasteiger partial charge on any atom is 0.308 e. The first-order valence-electron chi connectivity index (χ1n) is 6.65. The number of hydrogen-bond donors (Lipinski definition) is 0. The van der Waals surface area contributed by atoms with Crippen molar-refractivity contribution >= 4 is 11.9 Å². The second-order valence-electron chi connectivity index (χ2n) is 4.94. The Morgan fingerprint density at radius 2 is 1.67 bits per heavy atom. The number of ether oxygens (including phenoxy) is 2. The highest BCUT2D eigenvalue weighted by molar-refractivity contribution is 5.71. The van der Waals surface area contributed by atoms with E-state index in [1.807, 2.05) is 6.92 Å². The molecule has 4 nitrogen and oxygen atoms in total. The molecule has 0 saturated heterocycles. The molecular weight excluding hydrogens is 232 g/mol. The van der Waals surface area contributed by atoms with Gasteiger partial charge in [-0.15, -0.1) is 0 Å². The fourth-order valence-electron chi connectivity index (χ4n) is 2.06. The summed E-state index contributed by atoms with van der Waals surface area (Å²) in [4.78, 5) is 22.1. The average Bonchev–Trinajstić information content (AvgIpc) is 2.36. The number of carbonyl (C=O) groups is 2. The molecule has 0 amide bonds. The molecule has 0 aromatic rings. The first-order valence-corrected chi connectivity index (χ1v) is 6.65. The van der Waals surface area contributed by atoms with E-state index >= 15 is 0 Å². The second-order valence-corrected chi connectivity index (χ2v) is 4.94. The molecule has 0 aliphatic heterocycles. The van der Waals surface area contributed by atoms with Crippen molar-refractivity contribution < 1.29 is 19.1 Å². The molecule has 0 saturated carbocycles. The molecule has 0 spiro atoms. The van der Waals surface area contributed by atoms with E-state index in [0.29, 0.717) is 12.3 Å². The quantitative estimate of drug-likeness (QED) is 0.471. The molecule has 0 aromatic carbocycles. The summed E-state index contributed by atoms with van der Waals surface area (Å²) < 4.78 is 9.28. The van der Waals surface area contributed by atoms with E-state index in [2.05, 4.69) is 11.7 Å². The molecule has 0 N–H and O–H groups in total. The molecule has 0 aliphatic rings. The minimum atomic E-state index is -0.137. The first-order chi connectivity index (χ1) is 8.51. The number of esters is 2. The monoisotopic (exact) mass is 258 g/mol. The molecule has 4 heteroatoms. The van der Waals surface area contributed by atoms with Crippen LogP contribution in [0.3, 0.4) is 0 Å². The summed E-state index contributed by atoms with van der Waals surface area (Å²) in [6.07, 6.45) is 5.46. The van der Waals surface area contributed by atoms with Gasteiger partial charge in [-0.3, -0.25) is 9.59 Å². The van der Waals surface area contributed by atoms with Crippen molar-refractivity contribution in [2.75, 3.05) is 14.2 Å². The zero-order valence-corrected chi connectivity index (χ0v) is 12.0. The van der Waals surface area contributed by atoms with E-state index in [1.54, 1.807) is 0 Å². The highest BCUT2D eigenvalue weighted by Gasteiger charge is 2.16. The minimum absolute atomic E-state index is 0.0277. The van der Waals surface area contributed by atoms with Crippen LogP contribution in [0.1, 0.15) is 52.4 Å². The van der Waals surface area contributed by atoms with Gasteiger partial charge in [-0.25, -0.2) is 0 Å². The molecule has 18 heavy (non-hydrogen) atoms. The molecule has 0 unspecified atom stereocenters. The van der Waals surface area contributed by atoms with Crippen molar-refractivity contribution in [1.82, 2.24) is 0 Å². The summed E-state index contributed by atoms with van der Waals surface area (Å²) in [5, 5.41) is 0. The van der Waals surface area contributed by atoms with E-state index < -0.39 is 0 Å². The van der Waals surface area contributed by atoms with Gasteiger partial charge in [-0.2, -0.15) is 0 Å². The van der Waals surface area contributed by atoms with Crippen LogP contribution in [0, 0.1) is 11.8 Å². The molecule has 0 aromatic heterocycles. The number of carbonyl (C=O) groups excluding carboxylic acids is 2. The lowest BCUT2D eigenvalue weighted by atomic mass is 9.92. The lowest BCUT2D eigenvalue weighted by molar-refractivity contribution is -0.145. The lowest BCUT2D eigenvalue weighted by Gasteiger charge is -2.15. The molecule has 0 aliphatic carbocycles. The Labute approximate surface area is 110 Å². The maximum atomic E-state index is 11.3. The fourth-order valence-corrected chi connectivity index (χ4v) is 2.06. The second kappa shape index (κ2) is 9.92. The van der Waals surface area contributed by atoms with Crippen LogP contribution < -0.4 is 0 Å². The third kappa shape index (κ3) is 8.09. The molecule has 2 atom stereocenters. The zero-order chi connectivity index (χ0) is 14.0. The molecule has 0 heterocycles. The largest absolute Gasteiger partial charge is 0.469 e. The Bertz CT molecular complexity index is 250. The van der Waals surface area contributed by atoms with Crippen molar-refractivity contribution in [1.29, 1.82) is 0 Å². The summed E-state index contributed by atoms with van der Waals surface area (Å²) in [5.41, 5.74) is 0. The minimum Gasteiger partial charge on any atom is -0.469 e. The molecule has 106 valence electrons. The van der Waals surface area contributed by atoms with Crippen LogP contribution in [0.4, 0.5) is 0 Å². The van der Waals surface area contributed by atoms with Crippen LogP contribution >= 0.6 is 0 Å². The third-order valence-electron chi connectivity index (χ3n) is 3.16. The summed E-state index contributed by atoms with van der Waals surface area (Å²) in [6.45, 7) is 4.05. The lowest BCUT2D eigenvalue weighted by Crippen LogP contribution is -2.15. The van der Waals surface area contributed by atoms with Crippen molar-refractivity contribution in [2.45, 2.75) is 52.4 Å². The van der Waals surface area contributed by atoms with Crippen LogP contribution in [-0.2, 0) is 19.1 Å². The maximum absolute atomic E-state index is 11.3. The van der Waals surface area contributed by atoms with Gasteiger partial charge in [-0.1, -0.05) is 33.1 Å². The van der Waals surface area contributed by atoms with Crippen LogP contribution in [0.15, 0.2) is 0 Å². The zero-order valence-electron chi connectivity index (χ0n) is 12.0. The van der Waals surface area contributed by atoms with Crippen molar-refractivity contribution in [2.24, 2.45) is 11.8 Å². The van der Waals surface area contributed by atoms with Gasteiger partial charge in [0, 0.05) is 6.42 Å². The van der Waals surface area contributed by atoms with Gasteiger partial charge in [0.1, 0.15) is 0 Å². The van der Waals surface area contributed by atoms with E-state index in [1.165, 1.54) is 14.2 Å². The van der Waals surface area contributed by atoms with Gasteiger partial charge in [0.05, 0.1) is 20.1 Å². The normalized spacial score (nSPS) is 13.8. The van der Waals surface area contributed by atoms with Crippen molar-refractivity contribution in [3.05, 3.63) is 0 Å². The van der Waals surface area contributed by atoms with E-state index in [-0.39, 0.29) is 17.9 Å².